The van der Waals surface area contributed by atoms with Crippen molar-refractivity contribution in [3.63, 3.8) is 0 Å². The third kappa shape index (κ3) is 6.85. The Kier molecular flexibility index (Phi) is 8.21. The molecule has 1 atom stereocenters. The highest BCUT2D eigenvalue weighted by Crippen LogP contribution is 2.32. The minimum Gasteiger partial charge on any atom is -0.443 e. The lowest BCUT2D eigenvalue weighted by Crippen LogP contribution is -2.37. The number of hydrogen-bond donors (Lipinski definition) is 2. The topological polar surface area (TPSA) is 84.7 Å². The van der Waals surface area contributed by atoms with Crippen molar-refractivity contribution in [3.8, 4) is 11.1 Å². The van der Waals surface area contributed by atoms with Gasteiger partial charge >= 0.3 is 6.09 Å². The zero-order chi connectivity index (χ0) is 24.0. The van der Waals surface area contributed by atoms with Crippen molar-refractivity contribution in [2.24, 2.45) is 5.73 Å². The molecule has 6 nitrogen and oxygen atoms in total. The summed E-state index contributed by atoms with van der Waals surface area (Å²) < 4.78 is 5.66. The van der Waals surface area contributed by atoms with Crippen LogP contribution in [-0.4, -0.2) is 29.5 Å². The van der Waals surface area contributed by atoms with Gasteiger partial charge in [-0.2, -0.15) is 0 Å². The predicted molar refractivity (Wildman–Crippen MR) is 136 cm³/mol. The van der Waals surface area contributed by atoms with Gasteiger partial charge in [0.2, 0.25) is 0 Å². The van der Waals surface area contributed by atoms with Crippen molar-refractivity contribution in [1.29, 1.82) is 0 Å². The van der Waals surface area contributed by atoms with Gasteiger partial charge < -0.3 is 15.8 Å². The zero-order valence-corrected chi connectivity index (χ0v) is 20.6. The maximum Gasteiger partial charge on any atom is 0.414 e. The molecular weight excluding hydrogens is 434 g/mol. The highest BCUT2D eigenvalue weighted by Gasteiger charge is 2.25. The van der Waals surface area contributed by atoms with Gasteiger partial charge in [-0.15, -0.1) is 0 Å². The van der Waals surface area contributed by atoms with Crippen LogP contribution in [0.15, 0.2) is 59.6 Å². The Balaban J connectivity index is 1.99. The van der Waals surface area contributed by atoms with Crippen molar-refractivity contribution in [2.45, 2.75) is 57.9 Å². The molecule has 1 aliphatic rings. The lowest BCUT2D eigenvalue weighted by Gasteiger charge is -2.28. The molecule has 0 saturated heterocycles. The highest BCUT2D eigenvalue weighted by molar-refractivity contribution is 8.03. The van der Waals surface area contributed by atoms with Crippen LogP contribution in [0.2, 0.25) is 0 Å². The van der Waals surface area contributed by atoms with Gasteiger partial charge in [0, 0.05) is 17.8 Å². The second-order valence-corrected chi connectivity index (χ2v) is 10.3. The molecule has 7 heteroatoms. The Hall–Kier alpha value is -2.77. The second kappa shape index (κ2) is 10.9. The number of amides is 2. The first-order chi connectivity index (χ1) is 15.7. The monoisotopic (exact) mass is 467 g/mol. The summed E-state index contributed by atoms with van der Waals surface area (Å²) in [5.41, 5.74) is 8.22. The summed E-state index contributed by atoms with van der Waals surface area (Å²) in [5, 5.41) is 3.71. The number of benzene rings is 2. The number of anilines is 1. The number of carbonyl (C=O) groups excluding carboxylic acids is 2. The summed E-state index contributed by atoms with van der Waals surface area (Å²) in [6, 6.07) is 15.2. The van der Waals surface area contributed by atoms with Crippen molar-refractivity contribution < 1.29 is 14.3 Å². The molecule has 1 aliphatic heterocycles. The Morgan fingerprint density at radius 3 is 2.52 bits per heavy atom. The Labute approximate surface area is 200 Å². The summed E-state index contributed by atoms with van der Waals surface area (Å²) in [6.07, 6.45) is 4.06. The maximum absolute atomic E-state index is 13.2. The van der Waals surface area contributed by atoms with Crippen molar-refractivity contribution in [2.75, 3.05) is 11.4 Å². The SMILES string of the molecule is CCCCN(C(=O)OC(C)(C)C)c1ccc(C(=O)NC2=CCC(N)S2)c(-c2ccccc2)c1. The molecule has 3 rings (SSSR count). The van der Waals surface area contributed by atoms with Gasteiger partial charge in [-0.25, -0.2) is 4.79 Å². The van der Waals surface area contributed by atoms with E-state index in [0.717, 1.165) is 35.4 Å². The summed E-state index contributed by atoms with van der Waals surface area (Å²) in [7, 11) is 0. The first-order valence-electron chi connectivity index (χ1n) is 11.3. The number of nitrogens with two attached hydrogens (primary N) is 1. The molecule has 0 spiro atoms. The number of nitrogens with zero attached hydrogens (tertiary/aromatic N) is 1. The lowest BCUT2D eigenvalue weighted by molar-refractivity contribution is 0.0580. The molecule has 1 unspecified atom stereocenters. The maximum atomic E-state index is 13.2. The number of unbranched alkanes of at least 4 members (excludes halogenated alkanes) is 1. The van der Waals surface area contributed by atoms with E-state index in [0.29, 0.717) is 17.8 Å². The standard InChI is InChI=1S/C26H33N3O3S/c1-5-6-16-29(25(31)32-26(2,3)4)19-12-13-20(21(17-19)18-10-8-7-9-11-18)24(30)28-23-15-14-22(27)33-23/h7-13,15,17,22H,5-6,14,16,27H2,1-4H3,(H,28,30). The van der Waals surface area contributed by atoms with Gasteiger partial charge in [-0.05, 0) is 62.9 Å². The summed E-state index contributed by atoms with van der Waals surface area (Å²) in [6.45, 7) is 8.18. The van der Waals surface area contributed by atoms with E-state index in [1.807, 2.05) is 69.3 Å². The van der Waals surface area contributed by atoms with Crippen LogP contribution >= 0.6 is 11.8 Å². The Bertz CT molecular complexity index is 1020. The number of thioether (sulfide) groups is 1. The highest BCUT2D eigenvalue weighted by atomic mass is 32.2. The van der Waals surface area contributed by atoms with Crippen LogP contribution in [0.3, 0.4) is 0 Å². The number of carbonyl (C=O) groups is 2. The largest absolute Gasteiger partial charge is 0.443 e. The first-order valence-corrected chi connectivity index (χ1v) is 12.2. The molecule has 0 saturated carbocycles. The fourth-order valence-corrected chi connectivity index (χ4v) is 4.32. The van der Waals surface area contributed by atoms with Gasteiger partial charge in [0.25, 0.3) is 5.91 Å². The van der Waals surface area contributed by atoms with E-state index in [-0.39, 0.29) is 11.3 Å². The number of nitrogens with one attached hydrogen (secondary N) is 1. The zero-order valence-electron chi connectivity index (χ0n) is 19.8. The minimum absolute atomic E-state index is 0.0303. The number of ether oxygens (including phenoxy) is 1. The van der Waals surface area contributed by atoms with E-state index in [1.54, 1.807) is 11.0 Å². The van der Waals surface area contributed by atoms with Crippen LogP contribution in [0.4, 0.5) is 10.5 Å². The smallest absolute Gasteiger partial charge is 0.414 e. The number of hydrogen-bond acceptors (Lipinski definition) is 5. The first kappa shape index (κ1) is 24.9. The molecule has 2 amide bonds. The van der Waals surface area contributed by atoms with E-state index < -0.39 is 11.7 Å². The minimum atomic E-state index is -0.600. The van der Waals surface area contributed by atoms with Crippen molar-refractivity contribution in [3.05, 3.63) is 65.2 Å². The Morgan fingerprint density at radius 2 is 1.91 bits per heavy atom. The fraction of sp³-hybridized carbons (Fsp3) is 0.385. The van der Waals surface area contributed by atoms with E-state index in [9.17, 15) is 9.59 Å². The molecule has 1 heterocycles. The molecule has 2 aromatic rings. The molecule has 2 aromatic carbocycles. The van der Waals surface area contributed by atoms with Crippen LogP contribution in [0.5, 0.6) is 0 Å². The quantitative estimate of drug-likeness (QED) is 0.530. The predicted octanol–water partition coefficient (Wildman–Crippen LogP) is 5.89. The molecule has 0 radical (unpaired) electrons. The van der Waals surface area contributed by atoms with Crippen LogP contribution in [0.25, 0.3) is 11.1 Å². The van der Waals surface area contributed by atoms with Gasteiger partial charge in [0.15, 0.2) is 0 Å². The summed E-state index contributed by atoms with van der Waals surface area (Å²) in [5.74, 6) is -0.203. The van der Waals surface area contributed by atoms with Crippen molar-refractivity contribution >= 4 is 29.4 Å². The molecule has 33 heavy (non-hydrogen) atoms. The van der Waals surface area contributed by atoms with Gasteiger partial charge in [0.1, 0.15) is 5.60 Å². The second-order valence-electron chi connectivity index (χ2n) is 9.00. The third-order valence-electron chi connectivity index (χ3n) is 5.04. The van der Waals surface area contributed by atoms with Crippen LogP contribution < -0.4 is 16.0 Å². The van der Waals surface area contributed by atoms with E-state index >= 15 is 0 Å². The van der Waals surface area contributed by atoms with Gasteiger partial charge in [-0.3, -0.25) is 9.69 Å². The molecule has 0 aromatic heterocycles. The van der Waals surface area contributed by atoms with Gasteiger partial charge in [-0.1, -0.05) is 61.5 Å². The average Bonchev–Trinajstić information content (AvgIpc) is 3.17. The average molecular weight is 468 g/mol. The fourth-order valence-electron chi connectivity index (χ4n) is 3.46. The lowest BCUT2D eigenvalue weighted by atomic mass is 9.98. The molecule has 176 valence electrons. The van der Waals surface area contributed by atoms with E-state index in [1.165, 1.54) is 11.8 Å². The molecule has 0 fully saturated rings. The van der Waals surface area contributed by atoms with E-state index in [2.05, 4.69) is 12.2 Å². The number of rotatable bonds is 7. The summed E-state index contributed by atoms with van der Waals surface area (Å²) in [4.78, 5) is 27.8. The van der Waals surface area contributed by atoms with Crippen LogP contribution in [0, 0.1) is 0 Å². The van der Waals surface area contributed by atoms with Crippen LogP contribution in [-0.2, 0) is 4.74 Å². The molecular formula is C26H33N3O3S. The molecule has 0 bridgehead atoms. The normalized spacial score (nSPS) is 15.7. The molecule has 0 aliphatic carbocycles. The van der Waals surface area contributed by atoms with E-state index in [4.69, 9.17) is 10.5 Å². The third-order valence-corrected chi connectivity index (χ3v) is 6.06. The summed E-state index contributed by atoms with van der Waals surface area (Å²) >= 11 is 1.45. The van der Waals surface area contributed by atoms with Crippen LogP contribution in [0.1, 0.15) is 57.3 Å². The van der Waals surface area contributed by atoms with Gasteiger partial charge in [0.05, 0.1) is 10.4 Å². The molecule has 3 N–H and O–H groups in total. The Morgan fingerprint density at radius 1 is 1.18 bits per heavy atom. The van der Waals surface area contributed by atoms with Crippen molar-refractivity contribution in [1.82, 2.24) is 5.32 Å².